The summed E-state index contributed by atoms with van der Waals surface area (Å²) in [5.74, 6) is -0.254. The molecular formula is C16H22ClN3O3. The molecule has 0 radical (unpaired) electrons. The van der Waals surface area contributed by atoms with Crippen molar-refractivity contribution < 1.29 is 9.72 Å². The molecule has 2 rings (SSSR count). The minimum Gasteiger partial charge on any atom is -0.341 e. The van der Waals surface area contributed by atoms with Gasteiger partial charge in [-0.3, -0.25) is 14.9 Å². The van der Waals surface area contributed by atoms with Gasteiger partial charge in [0.15, 0.2) is 0 Å². The van der Waals surface area contributed by atoms with E-state index in [0.29, 0.717) is 10.6 Å². The molecule has 0 spiro atoms. The monoisotopic (exact) mass is 339 g/mol. The lowest BCUT2D eigenvalue weighted by atomic mass is 9.74. The second-order valence-corrected chi connectivity index (χ2v) is 6.94. The summed E-state index contributed by atoms with van der Waals surface area (Å²) in [6, 6.07) is 4.25. The highest BCUT2D eigenvalue weighted by atomic mass is 35.5. The molecule has 0 heterocycles. The van der Waals surface area contributed by atoms with Crippen molar-refractivity contribution in [1.29, 1.82) is 0 Å². The van der Waals surface area contributed by atoms with Gasteiger partial charge in [-0.2, -0.15) is 0 Å². The molecule has 1 aromatic carbocycles. The lowest BCUT2D eigenvalue weighted by molar-refractivity contribution is -0.384. The number of carbonyl (C=O) groups excluding carboxylic acids is 1. The largest absolute Gasteiger partial charge is 0.341 e. The molecule has 1 amide bonds. The van der Waals surface area contributed by atoms with Crippen molar-refractivity contribution in [1.82, 2.24) is 4.90 Å². The topological polar surface area (TPSA) is 89.5 Å². The summed E-state index contributed by atoms with van der Waals surface area (Å²) in [7, 11) is 1.68. The molecule has 1 aromatic rings. The highest BCUT2D eigenvalue weighted by Crippen LogP contribution is 2.33. The van der Waals surface area contributed by atoms with Crippen LogP contribution in [0.2, 0.25) is 5.02 Å². The molecular weight excluding hydrogens is 318 g/mol. The van der Waals surface area contributed by atoms with Crippen molar-refractivity contribution in [2.75, 3.05) is 7.05 Å². The third kappa shape index (κ3) is 4.00. The SMILES string of the molecule is CN(Cc1cc([N+](=O)[O-])ccc1Cl)C(=O)C1CCCCC1(C)N. The molecule has 23 heavy (non-hydrogen) atoms. The van der Waals surface area contributed by atoms with Crippen LogP contribution >= 0.6 is 11.6 Å². The van der Waals surface area contributed by atoms with Gasteiger partial charge >= 0.3 is 0 Å². The molecule has 1 fully saturated rings. The second-order valence-electron chi connectivity index (χ2n) is 6.53. The van der Waals surface area contributed by atoms with Crippen molar-refractivity contribution in [2.24, 2.45) is 11.7 Å². The summed E-state index contributed by atoms with van der Waals surface area (Å²) < 4.78 is 0. The fourth-order valence-electron chi connectivity index (χ4n) is 3.16. The predicted molar refractivity (Wildman–Crippen MR) is 89.1 cm³/mol. The Morgan fingerprint density at radius 1 is 1.52 bits per heavy atom. The van der Waals surface area contributed by atoms with Gasteiger partial charge < -0.3 is 10.6 Å². The Morgan fingerprint density at radius 3 is 2.83 bits per heavy atom. The van der Waals surface area contributed by atoms with Crippen molar-refractivity contribution in [3.05, 3.63) is 38.9 Å². The Labute approximate surface area is 140 Å². The first kappa shape index (κ1) is 17.7. The fraction of sp³-hybridized carbons (Fsp3) is 0.562. The molecule has 0 aromatic heterocycles. The van der Waals surface area contributed by atoms with Crippen LogP contribution in [0.4, 0.5) is 5.69 Å². The third-order valence-corrected chi connectivity index (χ3v) is 4.94. The lowest BCUT2D eigenvalue weighted by Crippen LogP contribution is -2.53. The number of nitro benzene ring substituents is 1. The lowest BCUT2D eigenvalue weighted by Gasteiger charge is -2.39. The Kier molecular flexibility index (Phi) is 5.26. The second kappa shape index (κ2) is 6.84. The summed E-state index contributed by atoms with van der Waals surface area (Å²) in [5, 5.41) is 11.3. The first-order chi connectivity index (χ1) is 10.7. The van der Waals surface area contributed by atoms with Crippen LogP contribution in [0.3, 0.4) is 0 Å². The Morgan fingerprint density at radius 2 is 2.22 bits per heavy atom. The third-order valence-electron chi connectivity index (χ3n) is 4.58. The first-order valence-corrected chi connectivity index (χ1v) is 8.07. The Balaban J connectivity index is 2.15. The van der Waals surface area contributed by atoms with E-state index < -0.39 is 10.5 Å². The molecule has 0 bridgehead atoms. The number of carbonyl (C=O) groups is 1. The molecule has 2 atom stereocenters. The average molecular weight is 340 g/mol. The summed E-state index contributed by atoms with van der Waals surface area (Å²) in [6.07, 6.45) is 3.64. The van der Waals surface area contributed by atoms with Gasteiger partial charge in [0.2, 0.25) is 5.91 Å². The van der Waals surface area contributed by atoms with Crippen LogP contribution in [-0.2, 0) is 11.3 Å². The Bertz CT molecular complexity index is 619. The maximum atomic E-state index is 12.7. The number of nitro groups is 1. The number of benzene rings is 1. The average Bonchev–Trinajstić information content (AvgIpc) is 2.48. The smallest absolute Gasteiger partial charge is 0.269 e. The number of amides is 1. The van der Waals surface area contributed by atoms with Crippen LogP contribution in [0.15, 0.2) is 18.2 Å². The maximum absolute atomic E-state index is 12.7. The van der Waals surface area contributed by atoms with E-state index in [2.05, 4.69) is 0 Å². The van der Waals surface area contributed by atoms with E-state index in [1.807, 2.05) is 6.92 Å². The molecule has 0 saturated heterocycles. The minimum atomic E-state index is -0.504. The van der Waals surface area contributed by atoms with Crippen LogP contribution in [-0.4, -0.2) is 28.3 Å². The maximum Gasteiger partial charge on any atom is 0.269 e. The fourth-order valence-corrected chi connectivity index (χ4v) is 3.34. The van der Waals surface area contributed by atoms with E-state index in [9.17, 15) is 14.9 Å². The van der Waals surface area contributed by atoms with E-state index in [1.54, 1.807) is 11.9 Å². The molecule has 1 aliphatic carbocycles. The number of nitrogens with two attached hydrogens (primary N) is 1. The summed E-state index contributed by atoms with van der Waals surface area (Å²) in [4.78, 5) is 24.7. The zero-order valence-corrected chi connectivity index (χ0v) is 14.2. The summed E-state index contributed by atoms with van der Waals surface area (Å²) in [6.45, 7) is 2.15. The van der Waals surface area contributed by atoms with Gasteiger partial charge in [-0.1, -0.05) is 24.4 Å². The molecule has 126 valence electrons. The van der Waals surface area contributed by atoms with E-state index >= 15 is 0 Å². The van der Waals surface area contributed by atoms with Gasteiger partial charge in [-0.05, 0) is 31.4 Å². The zero-order chi connectivity index (χ0) is 17.2. The highest BCUT2D eigenvalue weighted by Gasteiger charge is 2.39. The number of hydrogen-bond donors (Lipinski definition) is 1. The summed E-state index contributed by atoms with van der Waals surface area (Å²) in [5.41, 5.74) is 6.31. The van der Waals surface area contributed by atoms with Gasteiger partial charge in [0.05, 0.1) is 10.8 Å². The normalized spacial score (nSPS) is 24.3. The quantitative estimate of drug-likeness (QED) is 0.674. The van der Waals surface area contributed by atoms with Gasteiger partial charge in [0.25, 0.3) is 5.69 Å². The molecule has 2 unspecified atom stereocenters. The van der Waals surface area contributed by atoms with Gasteiger partial charge in [0.1, 0.15) is 0 Å². The van der Waals surface area contributed by atoms with E-state index in [-0.39, 0.29) is 24.1 Å². The molecule has 2 N–H and O–H groups in total. The van der Waals surface area contributed by atoms with Crippen molar-refractivity contribution >= 4 is 23.2 Å². The number of nitrogens with zero attached hydrogens (tertiary/aromatic N) is 2. The van der Waals surface area contributed by atoms with Crippen molar-refractivity contribution in [3.8, 4) is 0 Å². The molecule has 1 aliphatic rings. The molecule has 1 saturated carbocycles. The molecule has 0 aliphatic heterocycles. The Hall–Kier alpha value is -1.66. The highest BCUT2D eigenvalue weighted by molar-refractivity contribution is 6.31. The number of halogens is 1. The van der Waals surface area contributed by atoms with E-state index in [1.165, 1.54) is 18.2 Å². The number of non-ortho nitro benzene ring substituents is 1. The molecule has 6 nitrogen and oxygen atoms in total. The van der Waals surface area contributed by atoms with Gasteiger partial charge in [-0.15, -0.1) is 0 Å². The van der Waals surface area contributed by atoms with Crippen molar-refractivity contribution in [2.45, 2.75) is 44.7 Å². The zero-order valence-electron chi connectivity index (χ0n) is 13.4. The minimum absolute atomic E-state index is 0.0303. The van der Waals surface area contributed by atoms with E-state index in [0.717, 1.165) is 25.7 Å². The van der Waals surface area contributed by atoms with Crippen LogP contribution in [0.5, 0.6) is 0 Å². The van der Waals surface area contributed by atoms with E-state index in [4.69, 9.17) is 17.3 Å². The predicted octanol–water partition coefficient (Wildman–Crippen LogP) is 3.11. The molecule has 7 heteroatoms. The van der Waals surface area contributed by atoms with Crippen LogP contribution in [0, 0.1) is 16.0 Å². The van der Waals surface area contributed by atoms with Crippen molar-refractivity contribution in [3.63, 3.8) is 0 Å². The standard InChI is InChI=1S/C16H22ClN3O3/c1-16(18)8-4-3-5-13(16)15(21)19(2)10-11-9-12(20(22)23)6-7-14(11)17/h6-7,9,13H,3-5,8,10,18H2,1-2H3. The van der Waals surface area contributed by atoms with Gasteiger partial charge in [-0.25, -0.2) is 0 Å². The van der Waals surface area contributed by atoms with Gasteiger partial charge in [0, 0.05) is 36.3 Å². The summed E-state index contributed by atoms with van der Waals surface area (Å²) >= 11 is 6.11. The van der Waals surface area contributed by atoms with Crippen LogP contribution in [0.1, 0.15) is 38.2 Å². The first-order valence-electron chi connectivity index (χ1n) is 7.69. The number of rotatable bonds is 4. The number of hydrogen-bond acceptors (Lipinski definition) is 4. The van der Waals surface area contributed by atoms with Crippen LogP contribution in [0.25, 0.3) is 0 Å². The van der Waals surface area contributed by atoms with Crippen LogP contribution < -0.4 is 5.73 Å².